The second-order valence-electron chi connectivity index (χ2n) is 1.45. The Labute approximate surface area is 52.9 Å². The second kappa shape index (κ2) is 2.14. The summed E-state index contributed by atoms with van der Waals surface area (Å²) in [6.07, 6.45) is 4.76. The quantitative estimate of drug-likeness (QED) is 0.550. The first-order valence-electron chi connectivity index (χ1n) is 2.44. The lowest BCUT2D eigenvalue weighted by molar-refractivity contribution is 1.09. The van der Waals surface area contributed by atoms with Gasteiger partial charge in [0.25, 0.3) is 0 Å². The molecule has 0 radical (unpaired) electrons. The molecule has 0 aromatic carbocycles. The molecule has 0 fully saturated rings. The zero-order valence-corrected chi connectivity index (χ0v) is 4.78. The number of aromatic nitrogens is 2. The van der Waals surface area contributed by atoms with Crippen molar-refractivity contribution in [1.29, 1.82) is 5.26 Å². The van der Waals surface area contributed by atoms with E-state index in [1.807, 2.05) is 6.07 Å². The Morgan fingerprint density at radius 2 is 2.67 bits per heavy atom. The van der Waals surface area contributed by atoms with Crippen molar-refractivity contribution in [3.05, 3.63) is 24.8 Å². The average molecular weight is 119 g/mol. The van der Waals surface area contributed by atoms with Gasteiger partial charge in [-0.15, -0.1) is 0 Å². The number of hydrogen-bond donors (Lipinski definition) is 0. The molecule has 1 aromatic rings. The summed E-state index contributed by atoms with van der Waals surface area (Å²) < 4.78 is 1.56. The molecular formula is C6H5N3. The number of nitrogens with zero attached hydrogens (tertiary/aromatic N) is 3. The van der Waals surface area contributed by atoms with E-state index in [9.17, 15) is 0 Å². The van der Waals surface area contributed by atoms with Crippen LogP contribution in [0.4, 0.5) is 0 Å². The van der Waals surface area contributed by atoms with Gasteiger partial charge in [-0.2, -0.15) is 5.26 Å². The van der Waals surface area contributed by atoms with E-state index in [0.29, 0.717) is 5.82 Å². The van der Waals surface area contributed by atoms with E-state index in [1.165, 1.54) is 6.20 Å². The summed E-state index contributed by atoms with van der Waals surface area (Å²) in [5.41, 5.74) is 0. The fourth-order valence-corrected chi connectivity index (χ4v) is 0.547. The molecule has 0 aliphatic carbocycles. The van der Waals surface area contributed by atoms with Crippen LogP contribution in [0.2, 0.25) is 0 Å². The molecule has 0 amide bonds. The minimum absolute atomic E-state index is 0.366. The van der Waals surface area contributed by atoms with Gasteiger partial charge in [-0.05, 0) is 0 Å². The third-order valence-corrected chi connectivity index (χ3v) is 0.965. The smallest absolute Gasteiger partial charge is 0.216 e. The van der Waals surface area contributed by atoms with Crippen LogP contribution < -0.4 is 0 Å². The predicted octanol–water partition coefficient (Wildman–Crippen LogP) is 0.855. The predicted molar refractivity (Wildman–Crippen MR) is 33.3 cm³/mol. The molecule has 1 heterocycles. The maximum Gasteiger partial charge on any atom is 0.216 e. The lowest BCUT2D eigenvalue weighted by atomic mass is 10.7. The van der Waals surface area contributed by atoms with E-state index in [4.69, 9.17) is 5.26 Å². The molecule has 1 rings (SSSR count). The van der Waals surface area contributed by atoms with Crippen LogP contribution in [0.25, 0.3) is 6.20 Å². The second-order valence-corrected chi connectivity index (χ2v) is 1.45. The highest BCUT2D eigenvalue weighted by Gasteiger charge is 1.93. The van der Waals surface area contributed by atoms with Crippen LogP contribution in [0.3, 0.4) is 0 Å². The molecule has 0 spiro atoms. The van der Waals surface area contributed by atoms with Gasteiger partial charge in [0, 0.05) is 18.6 Å². The summed E-state index contributed by atoms with van der Waals surface area (Å²) in [6.45, 7) is 3.48. The van der Waals surface area contributed by atoms with Crippen molar-refractivity contribution in [3.63, 3.8) is 0 Å². The van der Waals surface area contributed by atoms with Crippen molar-refractivity contribution in [2.45, 2.75) is 0 Å². The summed E-state index contributed by atoms with van der Waals surface area (Å²) in [4.78, 5) is 3.74. The first-order valence-corrected chi connectivity index (χ1v) is 2.44. The van der Waals surface area contributed by atoms with Crippen LogP contribution in [0.1, 0.15) is 5.82 Å². The molecule has 0 aliphatic heterocycles. The molecule has 0 unspecified atom stereocenters. The van der Waals surface area contributed by atoms with Gasteiger partial charge in [0.1, 0.15) is 6.07 Å². The van der Waals surface area contributed by atoms with E-state index in [0.717, 1.165) is 0 Å². The van der Waals surface area contributed by atoms with Crippen LogP contribution in [0.15, 0.2) is 19.0 Å². The molecule has 9 heavy (non-hydrogen) atoms. The fraction of sp³-hybridized carbons (Fsp3) is 0. The molecular weight excluding hydrogens is 114 g/mol. The average Bonchev–Trinajstić information content (AvgIpc) is 2.33. The van der Waals surface area contributed by atoms with Gasteiger partial charge in [-0.1, -0.05) is 6.58 Å². The Kier molecular flexibility index (Phi) is 1.32. The Hall–Kier alpha value is -1.56. The Morgan fingerprint density at radius 3 is 3.11 bits per heavy atom. The van der Waals surface area contributed by atoms with Crippen LogP contribution in [0.5, 0.6) is 0 Å². The van der Waals surface area contributed by atoms with E-state index in [2.05, 4.69) is 11.6 Å². The van der Waals surface area contributed by atoms with Crippen LogP contribution in [0, 0.1) is 11.3 Å². The molecule has 44 valence electrons. The highest BCUT2D eigenvalue weighted by atomic mass is 15.0. The summed E-state index contributed by atoms with van der Waals surface area (Å²) in [7, 11) is 0. The summed E-state index contributed by atoms with van der Waals surface area (Å²) in [5.74, 6) is 0.366. The van der Waals surface area contributed by atoms with Gasteiger partial charge < -0.3 is 0 Å². The Balaban J connectivity index is 3.17. The highest BCUT2D eigenvalue weighted by molar-refractivity contribution is 5.26. The third-order valence-electron chi connectivity index (χ3n) is 0.965. The van der Waals surface area contributed by atoms with Crippen molar-refractivity contribution in [2.75, 3.05) is 0 Å². The normalized spacial score (nSPS) is 8.33. The summed E-state index contributed by atoms with van der Waals surface area (Å²) >= 11 is 0. The topological polar surface area (TPSA) is 41.6 Å². The van der Waals surface area contributed by atoms with Gasteiger partial charge in [-0.3, -0.25) is 4.57 Å². The monoisotopic (exact) mass is 119 g/mol. The zero-order valence-electron chi connectivity index (χ0n) is 4.78. The largest absolute Gasteiger partial charge is 0.299 e. The summed E-state index contributed by atoms with van der Waals surface area (Å²) in [6, 6.07) is 1.91. The van der Waals surface area contributed by atoms with Crippen molar-refractivity contribution >= 4 is 6.20 Å². The fourth-order valence-electron chi connectivity index (χ4n) is 0.547. The molecule has 1 aromatic heterocycles. The lowest BCUT2D eigenvalue weighted by Crippen LogP contribution is -1.87. The lowest BCUT2D eigenvalue weighted by Gasteiger charge is -1.87. The maximum atomic E-state index is 8.36. The molecule has 0 saturated carbocycles. The molecule has 0 aliphatic rings. The van der Waals surface area contributed by atoms with E-state index >= 15 is 0 Å². The molecule has 0 N–H and O–H groups in total. The molecule has 0 bridgehead atoms. The summed E-state index contributed by atoms with van der Waals surface area (Å²) in [5, 5.41) is 8.36. The number of rotatable bonds is 1. The minimum atomic E-state index is 0.366. The van der Waals surface area contributed by atoms with Crippen molar-refractivity contribution < 1.29 is 0 Å². The van der Waals surface area contributed by atoms with Crippen molar-refractivity contribution in [3.8, 4) is 6.07 Å². The first-order chi connectivity index (χ1) is 4.38. The number of hydrogen-bond acceptors (Lipinski definition) is 2. The number of nitriles is 1. The Bertz CT molecular complexity index is 254. The molecule has 3 heteroatoms. The van der Waals surface area contributed by atoms with Crippen LogP contribution in [-0.4, -0.2) is 9.55 Å². The third kappa shape index (κ3) is 0.820. The zero-order chi connectivity index (χ0) is 6.69. The first kappa shape index (κ1) is 5.57. The van der Waals surface area contributed by atoms with E-state index in [1.54, 1.807) is 17.0 Å². The molecule has 0 atom stereocenters. The van der Waals surface area contributed by atoms with E-state index < -0.39 is 0 Å². The van der Waals surface area contributed by atoms with E-state index in [-0.39, 0.29) is 0 Å². The highest BCUT2D eigenvalue weighted by Crippen LogP contribution is 1.93. The van der Waals surface area contributed by atoms with Crippen LogP contribution >= 0.6 is 0 Å². The SMILES string of the molecule is C=Cn1ccnc1C#N. The molecule has 0 saturated heterocycles. The van der Waals surface area contributed by atoms with Gasteiger partial charge in [-0.25, -0.2) is 4.98 Å². The van der Waals surface area contributed by atoms with Crippen molar-refractivity contribution in [1.82, 2.24) is 9.55 Å². The Morgan fingerprint density at radius 1 is 1.89 bits per heavy atom. The molecule has 3 nitrogen and oxygen atoms in total. The van der Waals surface area contributed by atoms with Crippen LogP contribution in [-0.2, 0) is 0 Å². The minimum Gasteiger partial charge on any atom is -0.299 e. The standard InChI is InChI=1S/C6H5N3/c1-2-9-4-3-8-6(9)5-7/h2-4H,1H2. The van der Waals surface area contributed by atoms with Gasteiger partial charge in [0.05, 0.1) is 0 Å². The maximum absolute atomic E-state index is 8.36. The van der Waals surface area contributed by atoms with Gasteiger partial charge in [0.15, 0.2) is 0 Å². The van der Waals surface area contributed by atoms with Gasteiger partial charge >= 0.3 is 0 Å². The number of imidazole rings is 1. The van der Waals surface area contributed by atoms with Gasteiger partial charge in [0.2, 0.25) is 5.82 Å². The van der Waals surface area contributed by atoms with Crippen molar-refractivity contribution in [2.24, 2.45) is 0 Å².